The molecule has 1 heterocycles. The van der Waals surface area contributed by atoms with Gasteiger partial charge in [-0.15, -0.1) is 10.2 Å². The molecule has 0 saturated heterocycles. The van der Waals surface area contributed by atoms with Gasteiger partial charge in [-0.1, -0.05) is 0 Å². The topological polar surface area (TPSA) is 76.1 Å². The van der Waals surface area contributed by atoms with E-state index in [0.29, 0.717) is 12.5 Å². The van der Waals surface area contributed by atoms with Crippen LogP contribution in [0.4, 0.5) is 0 Å². The third-order valence-corrected chi connectivity index (χ3v) is 1.70. The van der Waals surface area contributed by atoms with Crippen LogP contribution in [0.3, 0.4) is 0 Å². The van der Waals surface area contributed by atoms with Crippen molar-refractivity contribution in [2.75, 3.05) is 27.2 Å². The fraction of sp³-hybridized carbons (Fsp3) is 0.444. The van der Waals surface area contributed by atoms with Crippen molar-refractivity contribution in [2.45, 2.75) is 0 Å². The first-order valence-corrected chi connectivity index (χ1v) is 4.61. The first-order chi connectivity index (χ1) is 7.27. The molecule has 0 spiro atoms. The molecule has 0 unspecified atom stereocenters. The van der Waals surface area contributed by atoms with Crippen LogP contribution in [0, 0.1) is 0 Å². The first kappa shape index (κ1) is 11.4. The van der Waals surface area contributed by atoms with Gasteiger partial charge in [0.1, 0.15) is 6.61 Å². The van der Waals surface area contributed by atoms with Crippen LogP contribution < -0.4 is 15.4 Å². The molecule has 6 nitrogen and oxygen atoms in total. The van der Waals surface area contributed by atoms with Crippen LogP contribution in [0.25, 0.3) is 0 Å². The van der Waals surface area contributed by atoms with E-state index >= 15 is 0 Å². The summed E-state index contributed by atoms with van der Waals surface area (Å²) < 4.78 is 5.25. The molecule has 0 atom stereocenters. The van der Waals surface area contributed by atoms with E-state index in [1.54, 1.807) is 19.2 Å². The van der Waals surface area contributed by atoms with Gasteiger partial charge in [-0.2, -0.15) is 0 Å². The van der Waals surface area contributed by atoms with Crippen molar-refractivity contribution in [3.63, 3.8) is 0 Å². The minimum absolute atomic E-state index is 0.260. The summed E-state index contributed by atoms with van der Waals surface area (Å²) in [6.07, 6.45) is 0. The molecule has 0 aliphatic carbocycles. The van der Waals surface area contributed by atoms with Gasteiger partial charge in [-0.25, -0.2) is 0 Å². The van der Waals surface area contributed by atoms with Gasteiger partial charge >= 0.3 is 0 Å². The Morgan fingerprint density at radius 2 is 2.20 bits per heavy atom. The second-order valence-electron chi connectivity index (χ2n) is 2.79. The maximum absolute atomic E-state index is 11.1. The van der Waals surface area contributed by atoms with Crippen LogP contribution in [0.5, 0.6) is 5.88 Å². The van der Waals surface area contributed by atoms with E-state index < -0.39 is 0 Å². The molecule has 82 valence electrons. The smallest absolute Gasteiger partial charge is 0.271 e. The van der Waals surface area contributed by atoms with Gasteiger partial charge in [-0.3, -0.25) is 4.79 Å². The molecule has 0 aliphatic heterocycles. The number of nitrogens with one attached hydrogen (secondary N) is 2. The minimum Gasteiger partial charge on any atom is -0.475 e. The lowest BCUT2D eigenvalue weighted by Gasteiger charge is -2.03. The summed E-state index contributed by atoms with van der Waals surface area (Å²) >= 11 is 0. The number of aromatic nitrogens is 2. The van der Waals surface area contributed by atoms with Crippen molar-refractivity contribution < 1.29 is 9.53 Å². The summed E-state index contributed by atoms with van der Waals surface area (Å²) in [5.74, 6) is 0.155. The Bertz CT molecular complexity index is 312. The summed E-state index contributed by atoms with van der Waals surface area (Å²) in [4.78, 5) is 11.1. The van der Waals surface area contributed by atoms with Crippen molar-refractivity contribution in [1.82, 2.24) is 20.8 Å². The van der Waals surface area contributed by atoms with Gasteiger partial charge in [0.05, 0.1) is 0 Å². The van der Waals surface area contributed by atoms with Crippen LogP contribution in [0.1, 0.15) is 10.5 Å². The second kappa shape index (κ2) is 5.92. The molecule has 6 heteroatoms. The maximum Gasteiger partial charge on any atom is 0.271 e. The molecule has 0 aromatic carbocycles. The monoisotopic (exact) mass is 210 g/mol. The number of hydrogen-bond acceptors (Lipinski definition) is 5. The van der Waals surface area contributed by atoms with Gasteiger partial charge < -0.3 is 15.4 Å². The largest absolute Gasteiger partial charge is 0.475 e. The van der Waals surface area contributed by atoms with Gasteiger partial charge in [0.2, 0.25) is 5.88 Å². The lowest BCUT2D eigenvalue weighted by Crippen LogP contribution is -2.20. The summed E-state index contributed by atoms with van der Waals surface area (Å²) in [6.45, 7) is 1.25. The molecule has 0 aliphatic rings. The van der Waals surface area contributed by atoms with Crippen molar-refractivity contribution in [3.05, 3.63) is 17.8 Å². The predicted molar refractivity (Wildman–Crippen MR) is 54.8 cm³/mol. The molecule has 1 aromatic rings. The molecule has 0 fully saturated rings. The number of hydrogen-bond donors (Lipinski definition) is 2. The van der Waals surface area contributed by atoms with Crippen molar-refractivity contribution in [3.8, 4) is 5.88 Å². The van der Waals surface area contributed by atoms with Crippen molar-refractivity contribution >= 4 is 5.91 Å². The quantitative estimate of drug-likeness (QED) is 0.637. The van der Waals surface area contributed by atoms with Crippen molar-refractivity contribution in [2.24, 2.45) is 0 Å². The van der Waals surface area contributed by atoms with E-state index in [1.165, 1.54) is 0 Å². The van der Waals surface area contributed by atoms with E-state index in [4.69, 9.17) is 4.74 Å². The third kappa shape index (κ3) is 3.51. The highest BCUT2D eigenvalue weighted by atomic mass is 16.5. The number of ether oxygens (including phenoxy) is 1. The average Bonchev–Trinajstić information content (AvgIpc) is 2.29. The van der Waals surface area contributed by atoms with E-state index in [1.807, 2.05) is 7.05 Å². The third-order valence-electron chi connectivity index (χ3n) is 1.70. The molecule has 0 radical (unpaired) electrons. The summed E-state index contributed by atoms with van der Waals surface area (Å²) in [5.41, 5.74) is 0.276. The molecule has 1 amide bonds. The lowest BCUT2D eigenvalue weighted by atomic mass is 10.4. The second-order valence-corrected chi connectivity index (χ2v) is 2.79. The Morgan fingerprint density at radius 3 is 2.73 bits per heavy atom. The lowest BCUT2D eigenvalue weighted by molar-refractivity contribution is 0.0957. The molecule has 1 rings (SSSR count). The number of carbonyl (C=O) groups is 1. The highest BCUT2D eigenvalue weighted by Gasteiger charge is 2.05. The molecule has 0 bridgehead atoms. The number of likely N-dealkylation sites (N-methyl/N-ethyl adjacent to an activating group) is 1. The summed E-state index contributed by atoms with van der Waals surface area (Å²) in [5, 5.41) is 12.9. The Morgan fingerprint density at radius 1 is 1.40 bits per heavy atom. The minimum atomic E-state index is -0.260. The van der Waals surface area contributed by atoms with Crippen LogP contribution in [-0.4, -0.2) is 43.4 Å². The summed E-state index contributed by atoms with van der Waals surface area (Å²) in [6, 6.07) is 3.19. The van der Waals surface area contributed by atoms with E-state index in [0.717, 1.165) is 6.54 Å². The van der Waals surface area contributed by atoms with E-state index in [2.05, 4.69) is 20.8 Å². The van der Waals surface area contributed by atoms with Crippen LogP contribution >= 0.6 is 0 Å². The van der Waals surface area contributed by atoms with E-state index in [9.17, 15) is 4.79 Å². The Labute approximate surface area is 88.0 Å². The van der Waals surface area contributed by atoms with Crippen LogP contribution in [-0.2, 0) is 0 Å². The van der Waals surface area contributed by atoms with Crippen LogP contribution in [0.15, 0.2) is 12.1 Å². The summed E-state index contributed by atoms with van der Waals surface area (Å²) in [7, 11) is 3.38. The zero-order valence-electron chi connectivity index (χ0n) is 8.78. The van der Waals surface area contributed by atoms with E-state index in [-0.39, 0.29) is 11.6 Å². The number of rotatable bonds is 5. The molecule has 0 saturated carbocycles. The SMILES string of the molecule is CNCCOc1ccc(C(=O)NC)nn1. The Hall–Kier alpha value is -1.69. The van der Waals surface area contributed by atoms with Crippen LogP contribution in [0.2, 0.25) is 0 Å². The zero-order valence-corrected chi connectivity index (χ0v) is 8.78. The molecule has 2 N–H and O–H groups in total. The maximum atomic E-state index is 11.1. The fourth-order valence-electron chi connectivity index (χ4n) is 0.904. The Kier molecular flexibility index (Phi) is 4.49. The fourth-order valence-corrected chi connectivity index (χ4v) is 0.904. The molecular formula is C9H14N4O2. The molecule has 15 heavy (non-hydrogen) atoms. The average molecular weight is 210 g/mol. The van der Waals surface area contributed by atoms with Crippen molar-refractivity contribution in [1.29, 1.82) is 0 Å². The standard InChI is InChI=1S/C9H14N4O2/c1-10-5-6-15-8-4-3-7(12-13-8)9(14)11-2/h3-4,10H,5-6H2,1-2H3,(H,11,14). The zero-order chi connectivity index (χ0) is 11.1. The number of nitrogens with zero attached hydrogens (tertiary/aromatic N) is 2. The van der Waals surface area contributed by atoms with Gasteiger partial charge in [0, 0.05) is 19.7 Å². The van der Waals surface area contributed by atoms with Gasteiger partial charge in [-0.05, 0) is 13.1 Å². The highest BCUT2D eigenvalue weighted by molar-refractivity contribution is 5.91. The predicted octanol–water partition coefficient (Wildman–Crippen LogP) is -0.566. The number of amides is 1. The first-order valence-electron chi connectivity index (χ1n) is 4.61. The number of carbonyl (C=O) groups excluding carboxylic acids is 1. The molecular weight excluding hydrogens is 196 g/mol. The molecule has 1 aromatic heterocycles. The van der Waals surface area contributed by atoms with Gasteiger partial charge in [0.15, 0.2) is 5.69 Å². The van der Waals surface area contributed by atoms with Gasteiger partial charge in [0.25, 0.3) is 5.91 Å². The normalized spacial score (nSPS) is 9.73. The highest BCUT2D eigenvalue weighted by Crippen LogP contribution is 2.04. The Balaban J connectivity index is 2.52.